The summed E-state index contributed by atoms with van der Waals surface area (Å²) >= 11 is 0. The minimum Gasteiger partial charge on any atom is -0.313 e. The van der Waals surface area contributed by atoms with Crippen LogP contribution in [0, 0.1) is 11.6 Å². The topological polar surface area (TPSA) is 17.1 Å². The third-order valence-corrected chi connectivity index (χ3v) is 10.0. The van der Waals surface area contributed by atoms with Crippen molar-refractivity contribution in [2.75, 3.05) is 0 Å². The lowest BCUT2D eigenvalue weighted by molar-refractivity contribution is 0.586. The first-order chi connectivity index (χ1) is 18.0. The quantitative estimate of drug-likeness (QED) is 0.215. The molecule has 6 rings (SSSR count). The Labute approximate surface area is 214 Å². The van der Waals surface area contributed by atoms with Crippen LogP contribution in [0.5, 0.6) is 0 Å². The third kappa shape index (κ3) is 4.26. The summed E-state index contributed by atoms with van der Waals surface area (Å²) in [6.45, 7) is 0. The summed E-state index contributed by atoms with van der Waals surface area (Å²) in [5.74, 6) is -0.784. The molecule has 0 aromatic heterocycles. The van der Waals surface area contributed by atoms with E-state index in [1.807, 2.05) is 36.4 Å². The maximum Gasteiger partial charge on any atom is 0.147 e. The molecule has 6 aromatic rings. The zero-order valence-corrected chi connectivity index (χ0v) is 20.8. The van der Waals surface area contributed by atoms with Crippen LogP contribution in [0.2, 0.25) is 0 Å². The van der Waals surface area contributed by atoms with Gasteiger partial charge in [0.15, 0.2) is 0 Å². The smallest absolute Gasteiger partial charge is 0.147 e. The summed E-state index contributed by atoms with van der Waals surface area (Å²) in [7, 11) is -3.30. The summed E-state index contributed by atoms with van der Waals surface area (Å²) in [6.07, 6.45) is 0.216. The standard InChI is InChI=1S/C33H23F2OP/c34-26-14-18-28(19-15-26)37(36,29-20-16-27(35)17-21-29)22-25-13-12-24-7-2-4-10-31(24)33(25)32-11-5-8-23-6-1-3-9-30(23)32/h1-21H,22H2. The Morgan fingerprint density at radius 2 is 1.03 bits per heavy atom. The van der Waals surface area contributed by atoms with E-state index in [1.54, 1.807) is 24.3 Å². The normalized spacial score (nSPS) is 11.7. The molecule has 0 heterocycles. The molecule has 0 bridgehead atoms. The maximum absolute atomic E-state index is 14.9. The zero-order chi connectivity index (χ0) is 25.4. The van der Waals surface area contributed by atoms with E-state index in [1.165, 1.54) is 24.3 Å². The van der Waals surface area contributed by atoms with Gasteiger partial charge in [-0.25, -0.2) is 8.78 Å². The number of hydrogen-bond donors (Lipinski definition) is 0. The van der Waals surface area contributed by atoms with Crippen molar-refractivity contribution in [3.63, 3.8) is 0 Å². The second-order valence-electron chi connectivity index (χ2n) is 9.20. The highest BCUT2D eigenvalue weighted by Crippen LogP contribution is 2.50. The molecule has 0 aliphatic rings. The van der Waals surface area contributed by atoms with Crippen molar-refractivity contribution < 1.29 is 13.3 Å². The Kier molecular flexibility index (Phi) is 5.94. The summed E-state index contributed by atoms with van der Waals surface area (Å²) in [5, 5.41) is 5.48. The third-order valence-electron chi connectivity index (χ3n) is 6.95. The van der Waals surface area contributed by atoms with Crippen molar-refractivity contribution in [2.24, 2.45) is 0 Å². The number of hydrogen-bond acceptors (Lipinski definition) is 1. The predicted octanol–water partition coefficient (Wildman–Crippen LogP) is 8.45. The molecule has 0 spiro atoms. The Bertz CT molecular complexity index is 1740. The van der Waals surface area contributed by atoms with E-state index in [2.05, 4.69) is 42.5 Å². The number of fused-ring (bicyclic) bond motifs is 2. The molecule has 0 aliphatic heterocycles. The molecule has 37 heavy (non-hydrogen) atoms. The van der Waals surface area contributed by atoms with Crippen LogP contribution in [0.4, 0.5) is 8.78 Å². The maximum atomic E-state index is 14.9. The van der Waals surface area contributed by atoms with E-state index in [4.69, 9.17) is 0 Å². The second kappa shape index (κ2) is 9.42. The number of benzene rings is 6. The molecule has 180 valence electrons. The fourth-order valence-corrected chi connectivity index (χ4v) is 7.81. The van der Waals surface area contributed by atoms with Crippen LogP contribution in [0.25, 0.3) is 32.7 Å². The van der Waals surface area contributed by atoms with Crippen molar-refractivity contribution in [3.8, 4) is 11.1 Å². The van der Waals surface area contributed by atoms with Crippen LogP contribution in [-0.4, -0.2) is 0 Å². The van der Waals surface area contributed by atoms with Gasteiger partial charge in [-0.2, -0.15) is 0 Å². The molecule has 0 aliphatic carbocycles. The zero-order valence-electron chi connectivity index (χ0n) is 19.9. The molecule has 0 saturated carbocycles. The molecule has 0 amide bonds. The minimum atomic E-state index is -3.30. The van der Waals surface area contributed by atoms with Crippen LogP contribution in [0.15, 0.2) is 127 Å². The molecule has 0 N–H and O–H groups in total. The van der Waals surface area contributed by atoms with Crippen LogP contribution in [-0.2, 0) is 10.7 Å². The first-order valence-corrected chi connectivity index (χ1v) is 14.0. The fraction of sp³-hybridized carbons (Fsp3) is 0.0303. The van der Waals surface area contributed by atoms with Crippen LogP contribution in [0.3, 0.4) is 0 Å². The minimum absolute atomic E-state index is 0.216. The molecule has 1 nitrogen and oxygen atoms in total. The average Bonchev–Trinajstić information content (AvgIpc) is 2.93. The van der Waals surface area contributed by atoms with Crippen molar-refractivity contribution in [2.45, 2.75) is 6.16 Å². The summed E-state index contributed by atoms with van der Waals surface area (Å²) in [6, 6.07) is 38.4. The average molecular weight is 505 g/mol. The molecular formula is C33H23F2OP. The predicted molar refractivity (Wildman–Crippen MR) is 150 cm³/mol. The van der Waals surface area contributed by atoms with E-state index < -0.39 is 18.8 Å². The summed E-state index contributed by atoms with van der Waals surface area (Å²) in [5.41, 5.74) is 3.01. The van der Waals surface area contributed by atoms with E-state index in [0.29, 0.717) is 10.6 Å². The van der Waals surface area contributed by atoms with Crippen LogP contribution in [0.1, 0.15) is 5.56 Å². The summed E-state index contributed by atoms with van der Waals surface area (Å²) in [4.78, 5) is 0. The van der Waals surface area contributed by atoms with Gasteiger partial charge in [0.1, 0.15) is 18.8 Å². The van der Waals surface area contributed by atoms with E-state index in [0.717, 1.165) is 38.2 Å². The van der Waals surface area contributed by atoms with Crippen molar-refractivity contribution >= 4 is 39.3 Å². The Morgan fingerprint density at radius 1 is 0.514 bits per heavy atom. The first-order valence-electron chi connectivity index (χ1n) is 12.1. The van der Waals surface area contributed by atoms with E-state index in [9.17, 15) is 13.3 Å². The van der Waals surface area contributed by atoms with Gasteiger partial charge in [-0.05, 0) is 86.8 Å². The SMILES string of the molecule is O=P(Cc1ccc2ccccc2c1-c1cccc2ccccc12)(c1ccc(F)cc1)c1ccc(F)cc1. The molecule has 0 atom stereocenters. The largest absolute Gasteiger partial charge is 0.313 e. The number of halogens is 2. The molecule has 0 radical (unpaired) electrons. The van der Waals surface area contributed by atoms with E-state index >= 15 is 0 Å². The van der Waals surface area contributed by atoms with Gasteiger partial charge in [-0.15, -0.1) is 0 Å². The van der Waals surface area contributed by atoms with Gasteiger partial charge in [0.2, 0.25) is 0 Å². The Balaban J connectivity index is 1.62. The van der Waals surface area contributed by atoms with Gasteiger partial charge in [-0.3, -0.25) is 0 Å². The van der Waals surface area contributed by atoms with Crippen molar-refractivity contribution in [1.29, 1.82) is 0 Å². The van der Waals surface area contributed by atoms with Crippen molar-refractivity contribution in [1.82, 2.24) is 0 Å². The molecule has 0 fully saturated rings. The lowest BCUT2D eigenvalue weighted by Crippen LogP contribution is -2.18. The van der Waals surface area contributed by atoms with Gasteiger partial charge in [0.25, 0.3) is 0 Å². The summed E-state index contributed by atoms with van der Waals surface area (Å²) < 4.78 is 42.6. The first kappa shape index (κ1) is 23.3. The van der Waals surface area contributed by atoms with Gasteiger partial charge in [0, 0.05) is 16.8 Å². The second-order valence-corrected chi connectivity index (χ2v) is 12.0. The highest BCUT2D eigenvalue weighted by Gasteiger charge is 2.30. The highest BCUT2D eigenvalue weighted by molar-refractivity contribution is 7.78. The van der Waals surface area contributed by atoms with Crippen LogP contribution >= 0.6 is 7.14 Å². The molecule has 0 saturated heterocycles. The molecular weight excluding hydrogens is 481 g/mol. The highest BCUT2D eigenvalue weighted by atomic mass is 31.2. The van der Waals surface area contributed by atoms with Gasteiger partial charge in [0.05, 0.1) is 0 Å². The molecule has 6 aromatic carbocycles. The van der Waals surface area contributed by atoms with Gasteiger partial charge in [-0.1, -0.05) is 78.9 Å². The van der Waals surface area contributed by atoms with Crippen LogP contribution < -0.4 is 10.6 Å². The van der Waals surface area contributed by atoms with Crippen molar-refractivity contribution in [3.05, 3.63) is 145 Å². The lowest BCUT2D eigenvalue weighted by atomic mass is 9.91. The number of rotatable bonds is 5. The monoisotopic (exact) mass is 504 g/mol. The van der Waals surface area contributed by atoms with Gasteiger partial charge >= 0.3 is 0 Å². The fourth-order valence-electron chi connectivity index (χ4n) is 5.15. The van der Waals surface area contributed by atoms with E-state index in [-0.39, 0.29) is 6.16 Å². The lowest BCUT2D eigenvalue weighted by Gasteiger charge is -2.23. The molecule has 0 unspecified atom stereocenters. The Hall–Kier alpha value is -4.07. The molecule has 4 heteroatoms. The van der Waals surface area contributed by atoms with Gasteiger partial charge < -0.3 is 4.57 Å². The Morgan fingerprint density at radius 3 is 1.65 bits per heavy atom.